The SMILES string of the molecule is Cc1cccc(C(=O)N2CC3CCCCN3CC2C)c1F. The number of halogens is 1. The van der Waals surface area contributed by atoms with Crippen molar-refractivity contribution in [3.63, 3.8) is 0 Å². The summed E-state index contributed by atoms with van der Waals surface area (Å²) in [6, 6.07) is 5.66. The van der Waals surface area contributed by atoms with Crippen LogP contribution in [0.3, 0.4) is 0 Å². The molecule has 4 heteroatoms. The van der Waals surface area contributed by atoms with E-state index in [1.165, 1.54) is 12.8 Å². The lowest BCUT2D eigenvalue weighted by Gasteiger charge is -2.47. The number of hydrogen-bond donors (Lipinski definition) is 0. The van der Waals surface area contributed by atoms with E-state index in [0.29, 0.717) is 11.6 Å². The van der Waals surface area contributed by atoms with Crippen LogP contribution in [0, 0.1) is 12.7 Å². The molecule has 0 aliphatic carbocycles. The van der Waals surface area contributed by atoms with Gasteiger partial charge < -0.3 is 4.90 Å². The molecule has 114 valence electrons. The van der Waals surface area contributed by atoms with Crippen LogP contribution in [0.1, 0.15) is 42.1 Å². The van der Waals surface area contributed by atoms with E-state index < -0.39 is 0 Å². The number of carbonyl (C=O) groups excluding carboxylic acids is 1. The Morgan fingerprint density at radius 2 is 2.10 bits per heavy atom. The molecule has 21 heavy (non-hydrogen) atoms. The highest BCUT2D eigenvalue weighted by atomic mass is 19.1. The Morgan fingerprint density at radius 1 is 1.29 bits per heavy atom. The molecule has 3 nitrogen and oxygen atoms in total. The summed E-state index contributed by atoms with van der Waals surface area (Å²) in [5.41, 5.74) is 0.746. The molecule has 2 aliphatic rings. The molecule has 0 radical (unpaired) electrons. The fourth-order valence-corrected chi connectivity index (χ4v) is 3.60. The quantitative estimate of drug-likeness (QED) is 0.794. The van der Waals surface area contributed by atoms with Gasteiger partial charge in [-0.15, -0.1) is 0 Å². The van der Waals surface area contributed by atoms with Crippen molar-refractivity contribution in [2.24, 2.45) is 0 Å². The summed E-state index contributed by atoms with van der Waals surface area (Å²) < 4.78 is 14.2. The van der Waals surface area contributed by atoms with Gasteiger partial charge in [0.05, 0.1) is 5.56 Å². The molecule has 0 saturated carbocycles. The molecule has 1 aromatic rings. The average Bonchev–Trinajstić information content (AvgIpc) is 2.48. The van der Waals surface area contributed by atoms with Gasteiger partial charge in [-0.3, -0.25) is 9.69 Å². The first-order valence-electron chi connectivity index (χ1n) is 7.88. The number of rotatable bonds is 1. The number of piperazine rings is 1. The van der Waals surface area contributed by atoms with Gasteiger partial charge in [-0.05, 0) is 44.9 Å². The van der Waals surface area contributed by atoms with Crippen LogP contribution >= 0.6 is 0 Å². The second-order valence-electron chi connectivity index (χ2n) is 6.39. The molecule has 0 N–H and O–H groups in total. The highest BCUT2D eigenvalue weighted by Gasteiger charge is 2.36. The lowest BCUT2D eigenvalue weighted by molar-refractivity contribution is 0.0149. The summed E-state index contributed by atoms with van der Waals surface area (Å²) >= 11 is 0. The molecule has 2 atom stereocenters. The second kappa shape index (κ2) is 5.76. The van der Waals surface area contributed by atoms with Crippen molar-refractivity contribution in [2.45, 2.75) is 45.2 Å². The summed E-state index contributed by atoms with van der Waals surface area (Å²) in [7, 11) is 0. The Hall–Kier alpha value is -1.42. The zero-order chi connectivity index (χ0) is 15.0. The van der Waals surface area contributed by atoms with Gasteiger partial charge in [0.2, 0.25) is 0 Å². The second-order valence-corrected chi connectivity index (χ2v) is 6.39. The molecule has 0 spiro atoms. The molecule has 1 aromatic carbocycles. The fourth-order valence-electron chi connectivity index (χ4n) is 3.60. The number of aryl methyl sites for hydroxylation is 1. The van der Waals surface area contributed by atoms with Gasteiger partial charge in [-0.25, -0.2) is 4.39 Å². The first-order valence-corrected chi connectivity index (χ1v) is 7.88. The summed E-state index contributed by atoms with van der Waals surface area (Å²) in [4.78, 5) is 17.1. The van der Waals surface area contributed by atoms with Crippen molar-refractivity contribution >= 4 is 5.91 Å². The number of carbonyl (C=O) groups is 1. The van der Waals surface area contributed by atoms with E-state index in [1.54, 1.807) is 25.1 Å². The van der Waals surface area contributed by atoms with Crippen LogP contribution in [0.15, 0.2) is 18.2 Å². The van der Waals surface area contributed by atoms with Crippen LogP contribution in [0.5, 0.6) is 0 Å². The Morgan fingerprint density at radius 3 is 2.90 bits per heavy atom. The predicted molar refractivity (Wildman–Crippen MR) is 80.8 cm³/mol. The Labute approximate surface area is 125 Å². The van der Waals surface area contributed by atoms with Crippen molar-refractivity contribution in [1.29, 1.82) is 0 Å². The normalized spacial score (nSPS) is 26.5. The van der Waals surface area contributed by atoms with Crippen LogP contribution in [0.2, 0.25) is 0 Å². The Kier molecular flexibility index (Phi) is 3.98. The van der Waals surface area contributed by atoms with Crippen molar-refractivity contribution in [3.05, 3.63) is 35.1 Å². The van der Waals surface area contributed by atoms with Gasteiger partial charge in [0, 0.05) is 25.2 Å². The molecule has 0 aromatic heterocycles. The maximum absolute atomic E-state index is 14.2. The largest absolute Gasteiger partial charge is 0.333 e. The third kappa shape index (κ3) is 2.69. The van der Waals surface area contributed by atoms with Gasteiger partial charge >= 0.3 is 0 Å². The standard InChI is InChI=1S/C17H23FN2O/c1-12-6-5-8-15(16(12)18)17(21)20-11-14-7-3-4-9-19(14)10-13(20)2/h5-6,8,13-14H,3-4,7,9-11H2,1-2H3. The van der Waals surface area contributed by atoms with Crippen LogP contribution in [0.4, 0.5) is 4.39 Å². The number of piperidine rings is 1. The topological polar surface area (TPSA) is 23.6 Å². The molecule has 0 bridgehead atoms. The van der Waals surface area contributed by atoms with Crippen LogP contribution in [0.25, 0.3) is 0 Å². The highest BCUT2D eigenvalue weighted by Crippen LogP contribution is 2.26. The van der Waals surface area contributed by atoms with Gasteiger partial charge in [-0.1, -0.05) is 18.6 Å². The average molecular weight is 290 g/mol. The number of nitrogens with zero attached hydrogens (tertiary/aromatic N) is 2. The minimum absolute atomic E-state index is 0.145. The number of hydrogen-bond acceptors (Lipinski definition) is 2. The van der Waals surface area contributed by atoms with Gasteiger partial charge in [0.1, 0.15) is 5.82 Å². The fraction of sp³-hybridized carbons (Fsp3) is 0.588. The minimum atomic E-state index is -0.374. The molecule has 1 amide bonds. The Balaban J connectivity index is 1.82. The van der Waals surface area contributed by atoms with Crippen molar-refractivity contribution in [3.8, 4) is 0 Å². The third-order valence-corrected chi connectivity index (χ3v) is 4.87. The van der Waals surface area contributed by atoms with E-state index in [4.69, 9.17) is 0 Å². The Bertz CT molecular complexity index is 546. The van der Waals surface area contributed by atoms with E-state index in [2.05, 4.69) is 11.8 Å². The molecule has 2 fully saturated rings. The van der Waals surface area contributed by atoms with E-state index in [-0.39, 0.29) is 23.3 Å². The van der Waals surface area contributed by atoms with E-state index in [1.807, 2.05) is 4.90 Å². The summed E-state index contributed by atoms with van der Waals surface area (Å²) in [5, 5.41) is 0. The summed E-state index contributed by atoms with van der Waals surface area (Å²) in [6.45, 7) is 6.54. The third-order valence-electron chi connectivity index (χ3n) is 4.87. The molecular formula is C17H23FN2O. The molecule has 2 heterocycles. The number of amides is 1. The lowest BCUT2D eigenvalue weighted by Crippen LogP contribution is -2.60. The van der Waals surface area contributed by atoms with Crippen LogP contribution < -0.4 is 0 Å². The first-order chi connectivity index (χ1) is 10.1. The van der Waals surface area contributed by atoms with E-state index in [9.17, 15) is 9.18 Å². The van der Waals surface area contributed by atoms with E-state index >= 15 is 0 Å². The van der Waals surface area contributed by atoms with E-state index in [0.717, 1.165) is 26.1 Å². The zero-order valence-electron chi connectivity index (χ0n) is 12.8. The number of benzene rings is 1. The highest BCUT2D eigenvalue weighted by molar-refractivity contribution is 5.95. The van der Waals surface area contributed by atoms with Gasteiger partial charge in [0.25, 0.3) is 5.91 Å². The first kappa shape index (κ1) is 14.5. The van der Waals surface area contributed by atoms with Crippen molar-refractivity contribution in [1.82, 2.24) is 9.80 Å². The molecule has 2 unspecified atom stereocenters. The molecule has 2 aliphatic heterocycles. The summed E-state index contributed by atoms with van der Waals surface area (Å²) in [5.74, 6) is -0.533. The minimum Gasteiger partial charge on any atom is -0.333 e. The van der Waals surface area contributed by atoms with Crippen LogP contribution in [-0.4, -0.2) is 47.4 Å². The van der Waals surface area contributed by atoms with Gasteiger partial charge in [0.15, 0.2) is 0 Å². The summed E-state index contributed by atoms with van der Waals surface area (Å²) in [6.07, 6.45) is 3.63. The monoisotopic (exact) mass is 290 g/mol. The maximum Gasteiger partial charge on any atom is 0.257 e. The molecule has 2 saturated heterocycles. The lowest BCUT2D eigenvalue weighted by atomic mass is 9.96. The van der Waals surface area contributed by atoms with Crippen LogP contribution in [-0.2, 0) is 0 Å². The van der Waals surface area contributed by atoms with Crippen molar-refractivity contribution in [2.75, 3.05) is 19.6 Å². The van der Waals surface area contributed by atoms with Gasteiger partial charge in [-0.2, -0.15) is 0 Å². The van der Waals surface area contributed by atoms with Crippen molar-refractivity contribution < 1.29 is 9.18 Å². The predicted octanol–water partition coefficient (Wildman–Crippen LogP) is 2.83. The maximum atomic E-state index is 14.2. The molecular weight excluding hydrogens is 267 g/mol. The number of fused-ring (bicyclic) bond motifs is 1. The molecule has 3 rings (SSSR count). The zero-order valence-corrected chi connectivity index (χ0v) is 12.8. The smallest absolute Gasteiger partial charge is 0.257 e.